The van der Waals surface area contributed by atoms with E-state index in [4.69, 9.17) is 0 Å². The van der Waals surface area contributed by atoms with Gasteiger partial charge in [-0.25, -0.2) is 8.42 Å². The van der Waals surface area contributed by atoms with Crippen LogP contribution in [-0.2, 0) is 9.84 Å². The third-order valence-electron chi connectivity index (χ3n) is 5.60. The number of rotatable bonds is 3. The maximum absolute atomic E-state index is 12.8. The first kappa shape index (κ1) is 16.1. The standard InChI is InChI=1S/C17H25N3O3S/c1-12-4-7-19(8-5-12)17(21)15-10-16(13-2-3-13)20(18-15)14-6-9-24(22,23)11-14/h10,12-14H,2-9,11H2,1H3. The molecule has 1 unspecified atom stereocenters. The summed E-state index contributed by atoms with van der Waals surface area (Å²) in [6.07, 6.45) is 4.92. The zero-order valence-electron chi connectivity index (χ0n) is 14.1. The minimum Gasteiger partial charge on any atom is -0.337 e. The van der Waals surface area contributed by atoms with Gasteiger partial charge in [0.2, 0.25) is 0 Å². The van der Waals surface area contributed by atoms with Gasteiger partial charge in [0.15, 0.2) is 15.5 Å². The molecular weight excluding hydrogens is 326 g/mol. The highest BCUT2D eigenvalue weighted by atomic mass is 32.2. The zero-order valence-corrected chi connectivity index (χ0v) is 15.0. The number of carbonyl (C=O) groups is 1. The highest BCUT2D eigenvalue weighted by Crippen LogP contribution is 2.42. The average Bonchev–Trinajstić information content (AvgIpc) is 3.19. The number of nitrogens with zero attached hydrogens (tertiary/aromatic N) is 3. The van der Waals surface area contributed by atoms with E-state index in [9.17, 15) is 13.2 Å². The van der Waals surface area contributed by atoms with Crippen LogP contribution in [0.4, 0.5) is 0 Å². The maximum atomic E-state index is 12.8. The second-order valence-electron chi connectivity index (χ2n) is 7.70. The summed E-state index contributed by atoms with van der Waals surface area (Å²) >= 11 is 0. The van der Waals surface area contributed by atoms with Crippen LogP contribution in [0.1, 0.15) is 67.2 Å². The van der Waals surface area contributed by atoms with Gasteiger partial charge >= 0.3 is 0 Å². The number of amides is 1. The van der Waals surface area contributed by atoms with Crippen molar-refractivity contribution in [2.75, 3.05) is 24.6 Å². The summed E-state index contributed by atoms with van der Waals surface area (Å²) < 4.78 is 25.5. The molecule has 3 heterocycles. The van der Waals surface area contributed by atoms with Crippen LogP contribution >= 0.6 is 0 Å². The lowest BCUT2D eigenvalue weighted by Gasteiger charge is -2.29. The van der Waals surface area contributed by atoms with Gasteiger partial charge in [-0.2, -0.15) is 5.10 Å². The number of hydrogen-bond donors (Lipinski definition) is 0. The molecule has 2 saturated heterocycles. The fourth-order valence-electron chi connectivity index (χ4n) is 3.83. The second-order valence-corrected chi connectivity index (χ2v) is 9.93. The molecule has 1 aromatic rings. The molecule has 132 valence electrons. The molecule has 7 heteroatoms. The number of carbonyl (C=O) groups excluding carboxylic acids is 1. The van der Waals surface area contributed by atoms with Crippen LogP contribution in [-0.4, -0.2) is 53.6 Å². The Morgan fingerprint density at radius 3 is 2.46 bits per heavy atom. The highest BCUT2D eigenvalue weighted by molar-refractivity contribution is 7.91. The van der Waals surface area contributed by atoms with Crippen LogP contribution in [0.15, 0.2) is 6.07 Å². The monoisotopic (exact) mass is 351 g/mol. The van der Waals surface area contributed by atoms with Gasteiger partial charge in [0.1, 0.15) is 0 Å². The summed E-state index contributed by atoms with van der Waals surface area (Å²) in [5, 5.41) is 4.57. The first-order chi connectivity index (χ1) is 11.4. The van der Waals surface area contributed by atoms with Crippen molar-refractivity contribution in [2.24, 2.45) is 5.92 Å². The number of likely N-dealkylation sites (tertiary alicyclic amines) is 1. The predicted molar refractivity (Wildman–Crippen MR) is 90.8 cm³/mol. The third-order valence-corrected chi connectivity index (χ3v) is 7.35. The van der Waals surface area contributed by atoms with Crippen molar-refractivity contribution in [3.8, 4) is 0 Å². The van der Waals surface area contributed by atoms with Crippen molar-refractivity contribution in [2.45, 2.75) is 51.0 Å². The van der Waals surface area contributed by atoms with Crippen LogP contribution in [0, 0.1) is 5.92 Å². The summed E-state index contributed by atoms with van der Waals surface area (Å²) in [6.45, 7) is 3.81. The quantitative estimate of drug-likeness (QED) is 0.835. The molecule has 1 aromatic heterocycles. The average molecular weight is 351 g/mol. The summed E-state index contributed by atoms with van der Waals surface area (Å²) in [7, 11) is -2.96. The fourth-order valence-corrected chi connectivity index (χ4v) is 5.52. The molecule has 6 nitrogen and oxygen atoms in total. The van der Waals surface area contributed by atoms with E-state index in [0.29, 0.717) is 24.0 Å². The van der Waals surface area contributed by atoms with Gasteiger partial charge in [-0.05, 0) is 44.1 Å². The first-order valence-corrected chi connectivity index (χ1v) is 10.8. The molecule has 4 rings (SSSR count). The van der Waals surface area contributed by atoms with Crippen molar-refractivity contribution < 1.29 is 13.2 Å². The number of sulfone groups is 1. The SMILES string of the molecule is CC1CCN(C(=O)c2cc(C3CC3)n(C3CCS(=O)(=O)C3)n2)CC1. The van der Waals surface area contributed by atoms with Crippen LogP contribution in [0.5, 0.6) is 0 Å². The Morgan fingerprint density at radius 2 is 1.88 bits per heavy atom. The highest BCUT2D eigenvalue weighted by Gasteiger charge is 2.36. The topological polar surface area (TPSA) is 72.3 Å². The Labute approximate surface area is 143 Å². The van der Waals surface area contributed by atoms with E-state index >= 15 is 0 Å². The number of aromatic nitrogens is 2. The normalized spacial score (nSPS) is 27.5. The summed E-state index contributed by atoms with van der Waals surface area (Å²) in [4.78, 5) is 14.7. The van der Waals surface area contributed by atoms with Crippen LogP contribution in [0.2, 0.25) is 0 Å². The van der Waals surface area contributed by atoms with E-state index in [1.165, 1.54) is 0 Å². The van der Waals surface area contributed by atoms with Gasteiger partial charge in [-0.15, -0.1) is 0 Å². The van der Waals surface area contributed by atoms with E-state index in [1.807, 2.05) is 15.6 Å². The van der Waals surface area contributed by atoms with Gasteiger partial charge < -0.3 is 4.90 Å². The number of piperidine rings is 1. The van der Waals surface area contributed by atoms with Crippen molar-refractivity contribution in [3.05, 3.63) is 17.5 Å². The molecule has 1 aliphatic carbocycles. The molecule has 0 bridgehead atoms. The molecule has 2 aliphatic heterocycles. The summed E-state index contributed by atoms with van der Waals surface area (Å²) in [5.41, 5.74) is 1.56. The molecule has 24 heavy (non-hydrogen) atoms. The predicted octanol–water partition coefficient (Wildman–Crippen LogP) is 1.99. The lowest BCUT2D eigenvalue weighted by atomic mass is 9.99. The molecule has 0 radical (unpaired) electrons. The van der Waals surface area contributed by atoms with Crippen LogP contribution in [0.25, 0.3) is 0 Å². The minimum atomic E-state index is -2.96. The Morgan fingerprint density at radius 1 is 1.17 bits per heavy atom. The Hall–Kier alpha value is -1.37. The van der Waals surface area contributed by atoms with Gasteiger partial charge in [0, 0.05) is 24.7 Å². The largest absolute Gasteiger partial charge is 0.337 e. The molecule has 0 aromatic carbocycles. The molecule has 3 aliphatic rings. The molecule has 0 spiro atoms. The molecule has 0 N–H and O–H groups in total. The van der Waals surface area contributed by atoms with Crippen molar-refractivity contribution >= 4 is 15.7 Å². The number of hydrogen-bond acceptors (Lipinski definition) is 4. The van der Waals surface area contributed by atoms with E-state index in [2.05, 4.69) is 12.0 Å². The Bertz CT molecular complexity index is 743. The lowest BCUT2D eigenvalue weighted by molar-refractivity contribution is 0.0690. The molecule has 1 amide bonds. The summed E-state index contributed by atoms with van der Waals surface area (Å²) in [6, 6.07) is 1.82. The third kappa shape index (κ3) is 3.10. The van der Waals surface area contributed by atoms with E-state index < -0.39 is 9.84 Å². The van der Waals surface area contributed by atoms with Gasteiger partial charge in [-0.3, -0.25) is 9.48 Å². The molecular formula is C17H25N3O3S. The van der Waals surface area contributed by atoms with E-state index in [0.717, 1.165) is 44.5 Å². The first-order valence-electron chi connectivity index (χ1n) is 9.02. The molecule has 1 saturated carbocycles. The van der Waals surface area contributed by atoms with E-state index in [1.54, 1.807) is 0 Å². The molecule has 1 atom stereocenters. The second kappa shape index (κ2) is 5.86. The van der Waals surface area contributed by atoms with Gasteiger partial charge in [0.05, 0.1) is 17.5 Å². The lowest BCUT2D eigenvalue weighted by Crippen LogP contribution is -2.38. The van der Waals surface area contributed by atoms with Gasteiger partial charge in [0.25, 0.3) is 5.91 Å². The smallest absolute Gasteiger partial charge is 0.274 e. The van der Waals surface area contributed by atoms with Crippen molar-refractivity contribution in [1.82, 2.24) is 14.7 Å². The Kier molecular flexibility index (Phi) is 3.94. The Balaban J connectivity index is 1.58. The maximum Gasteiger partial charge on any atom is 0.274 e. The molecule has 3 fully saturated rings. The van der Waals surface area contributed by atoms with Crippen LogP contribution in [0.3, 0.4) is 0 Å². The van der Waals surface area contributed by atoms with Gasteiger partial charge in [-0.1, -0.05) is 6.92 Å². The van der Waals surface area contributed by atoms with E-state index in [-0.39, 0.29) is 23.5 Å². The van der Waals surface area contributed by atoms with Crippen molar-refractivity contribution in [1.29, 1.82) is 0 Å². The summed E-state index contributed by atoms with van der Waals surface area (Å²) in [5.74, 6) is 1.52. The minimum absolute atomic E-state index is 0.00315. The van der Waals surface area contributed by atoms with Crippen LogP contribution < -0.4 is 0 Å². The van der Waals surface area contributed by atoms with Crippen molar-refractivity contribution in [3.63, 3.8) is 0 Å². The fraction of sp³-hybridized carbons (Fsp3) is 0.765. The zero-order chi connectivity index (χ0) is 16.9.